The number of hydrogen-bond donors (Lipinski definition) is 1. The van der Waals surface area contributed by atoms with Crippen LogP contribution < -0.4 is 5.32 Å². The molecule has 0 atom stereocenters. The van der Waals surface area contributed by atoms with Gasteiger partial charge in [0.05, 0.1) is 38.0 Å². The van der Waals surface area contributed by atoms with E-state index < -0.39 is 5.97 Å². The number of ether oxygens (including phenoxy) is 1. The number of quaternary nitrogens is 1. The maximum absolute atomic E-state index is 13.2. The number of nitrogens with zero attached hydrogens (tertiary/aromatic N) is 1. The molecule has 1 N–H and O–H groups in total. The zero-order valence-corrected chi connectivity index (χ0v) is 16.4. The molecular formula is C20H31N2O3+. The van der Waals surface area contributed by atoms with E-state index in [2.05, 4.69) is 26.2 Å². The van der Waals surface area contributed by atoms with E-state index in [9.17, 15) is 9.59 Å². The van der Waals surface area contributed by atoms with Gasteiger partial charge in [-0.25, -0.2) is 4.79 Å². The number of hydrogen-bond acceptors (Lipinski definition) is 3. The molecule has 0 bridgehead atoms. The van der Waals surface area contributed by atoms with E-state index in [1.807, 2.05) is 19.9 Å². The number of carbonyl (C=O) groups is 2. The lowest BCUT2D eigenvalue weighted by atomic mass is 10.0. The lowest BCUT2D eigenvalue weighted by molar-refractivity contribution is -0.931. The number of amides is 1. The number of rotatable bonds is 7. The second kappa shape index (κ2) is 7.16. The number of likely N-dealkylation sites (N-methyl/N-ethyl adjacent to an activating group) is 1. The van der Waals surface area contributed by atoms with Crippen molar-refractivity contribution in [1.29, 1.82) is 0 Å². The fraction of sp³-hybridized carbons (Fsp3) is 0.600. The third-order valence-electron chi connectivity index (χ3n) is 5.79. The fourth-order valence-corrected chi connectivity index (χ4v) is 3.69. The van der Waals surface area contributed by atoms with E-state index in [1.165, 1.54) is 0 Å². The van der Waals surface area contributed by atoms with Crippen LogP contribution in [0.2, 0.25) is 0 Å². The van der Waals surface area contributed by atoms with Crippen LogP contribution in [-0.2, 0) is 9.53 Å². The lowest BCUT2D eigenvalue weighted by Gasteiger charge is -2.40. The molecule has 2 rings (SSSR count). The lowest BCUT2D eigenvalue weighted by Crippen LogP contribution is -2.59. The van der Waals surface area contributed by atoms with Gasteiger partial charge in [0.25, 0.3) is 5.91 Å². The predicted octanol–water partition coefficient (Wildman–Crippen LogP) is 3.44. The molecule has 1 fully saturated rings. The van der Waals surface area contributed by atoms with Crippen molar-refractivity contribution in [2.45, 2.75) is 53.0 Å². The highest BCUT2D eigenvalue weighted by Crippen LogP contribution is 2.47. The summed E-state index contributed by atoms with van der Waals surface area (Å²) in [6.45, 7) is 12.0. The standard InChI is InChI=1S/C20H30N2O3/c1-7-22(6,8-2)20(10-11-20)19(24)21-17-15(5)12-14(4)13-16(17)18(23)25-9-3/h12-13H,7-11H2,1-6H3/p+1. The molecule has 0 heterocycles. The number of carbonyl (C=O) groups excluding carboxylic acids is 2. The quantitative estimate of drug-likeness (QED) is 0.607. The Morgan fingerprint density at radius 3 is 2.24 bits per heavy atom. The Morgan fingerprint density at radius 1 is 1.16 bits per heavy atom. The molecule has 138 valence electrons. The summed E-state index contributed by atoms with van der Waals surface area (Å²) in [5, 5.41) is 3.07. The zero-order chi connectivity index (χ0) is 18.8. The minimum Gasteiger partial charge on any atom is -0.462 e. The molecule has 1 aliphatic carbocycles. The Bertz CT molecular complexity index is 674. The van der Waals surface area contributed by atoms with Crippen molar-refractivity contribution in [3.05, 3.63) is 28.8 Å². The summed E-state index contributed by atoms with van der Waals surface area (Å²) >= 11 is 0. The van der Waals surface area contributed by atoms with Crippen molar-refractivity contribution in [1.82, 2.24) is 0 Å². The summed E-state index contributed by atoms with van der Waals surface area (Å²) in [4.78, 5) is 25.5. The van der Waals surface area contributed by atoms with Crippen LogP contribution in [0.5, 0.6) is 0 Å². The zero-order valence-electron chi connectivity index (χ0n) is 16.4. The second-order valence-corrected chi connectivity index (χ2v) is 7.24. The van der Waals surface area contributed by atoms with Crippen LogP contribution >= 0.6 is 0 Å². The Balaban J connectivity index is 2.37. The summed E-state index contributed by atoms with van der Waals surface area (Å²) in [6, 6.07) is 3.76. The molecule has 1 aromatic carbocycles. The molecule has 5 heteroatoms. The van der Waals surface area contributed by atoms with E-state index in [1.54, 1.807) is 13.0 Å². The molecule has 0 aliphatic heterocycles. The van der Waals surface area contributed by atoms with Crippen LogP contribution in [0.25, 0.3) is 0 Å². The van der Waals surface area contributed by atoms with Gasteiger partial charge < -0.3 is 14.5 Å². The van der Waals surface area contributed by atoms with Crippen LogP contribution in [-0.4, -0.2) is 48.6 Å². The third-order valence-corrected chi connectivity index (χ3v) is 5.79. The number of esters is 1. The first kappa shape index (κ1) is 19.4. The van der Waals surface area contributed by atoms with Crippen LogP contribution in [0.4, 0.5) is 5.69 Å². The summed E-state index contributed by atoms with van der Waals surface area (Å²) < 4.78 is 5.90. The molecule has 1 saturated carbocycles. The average molecular weight is 347 g/mol. The molecule has 25 heavy (non-hydrogen) atoms. The maximum atomic E-state index is 13.2. The van der Waals surface area contributed by atoms with Crippen molar-refractivity contribution >= 4 is 17.6 Å². The number of anilines is 1. The van der Waals surface area contributed by atoms with Crippen LogP contribution in [0.3, 0.4) is 0 Å². The van der Waals surface area contributed by atoms with E-state index in [0.29, 0.717) is 17.9 Å². The smallest absolute Gasteiger partial charge is 0.340 e. The maximum Gasteiger partial charge on any atom is 0.340 e. The molecule has 0 aromatic heterocycles. The van der Waals surface area contributed by atoms with Crippen molar-refractivity contribution < 1.29 is 18.8 Å². The van der Waals surface area contributed by atoms with E-state index in [0.717, 1.165) is 41.5 Å². The first-order valence-corrected chi connectivity index (χ1v) is 9.19. The normalized spacial score (nSPS) is 15.6. The SMILES string of the molecule is CCOC(=O)c1cc(C)cc(C)c1NC(=O)C1([N+](C)(CC)CC)CC1. The molecule has 1 amide bonds. The summed E-state index contributed by atoms with van der Waals surface area (Å²) in [5.41, 5.74) is 2.49. The Hall–Kier alpha value is -1.88. The van der Waals surface area contributed by atoms with Gasteiger partial charge in [0.1, 0.15) is 0 Å². The molecule has 0 radical (unpaired) electrons. The van der Waals surface area contributed by atoms with Crippen molar-refractivity contribution in [3.8, 4) is 0 Å². The van der Waals surface area contributed by atoms with Crippen LogP contribution in [0.1, 0.15) is 55.1 Å². The molecule has 1 aromatic rings. The molecule has 1 aliphatic rings. The van der Waals surface area contributed by atoms with Gasteiger partial charge in [-0.15, -0.1) is 0 Å². The molecule has 0 unspecified atom stereocenters. The topological polar surface area (TPSA) is 55.4 Å². The van der Waals surface area contributed by atoms with Gasteiger partial charge in [0.2, 0.25) is 0 Å². The van der Waals surface area contributed by atoms with Crippen LogP contribution in [0, 0.1) is 13.8 Å². The van der Waals surface area contributed by atoms with Crippen molar-refractivity contribution in [3.63, 3.8) is 0 Å². The van der Waals surface area contributed by atoms with Crippen molar-refractivity contribution in [2.75, 3.05) is 32.1 Å². The Morgan fingerprint density at radius 2 is 1.76 bits per heavy atom. The fourth-order valence-electron chi connectivity index (χ4n) is 3.69. The minimum atomic E-state index is -0.391. The first-order valence-electron chi connectivity index (χ1n) is 9.19. The molecular weight excluding hydrogens is 316 g/mol. The summed E-state index contributed by atoms with van der Waals surface area (Å²) in [6.07, 6.45) is 1.77. The Kier molecular flexibility index (Phi) is 5.57. The van der Waals surface area contributed by atoms with Crippen LogP contribution in [0.15, 0.2) is 12.1 Å². The highest BCUT2D eigenvalue weighted by atomic mass is 16.5. The molecule has 0 saturated heterocycles. The van der Waals surface area contributed by atoms with Gasteiger partial charge in [0, 0.05) is 12.8 Å². The first-order chi connectivity index (χ1) is 11.7. The van der Waals surface area contributed by atoms with Gasteiger partial charge in [0.15, 0.2) is 5.54 Å². The van der Waals surface area contributed by atoms with Gasteiger partial charge in [-0.1, -0.05) is 6.07 Å². The van der Waals surface area contributed by atoms with Gasteiger partial charge in [-0.2, -0.15) is 0 Å². The van der Waals surface area contributed by atoms with Crippen molar-refractivity contribution in [2.24, 2.45) is 0 Å². The minimum absolute atomic E-state index is 0.0104. The third kappa shape index (κ3) is 3.43. The van der Waals surface area contributed by atoms with Gasteiger partial charge >= 0.3 is 5.97 Å². The highest BCUT2D eigenvalue weighted by Gasteiger charge is 2.63. The number of aryl methyl sites for hydroxylation is 2. The number of benzene rings is 1. The summed E-state index contributed by atoms with van der Waals surface area (Å²) in [5.74, 6) is -0.381. The largest absolute Gasteiger partial charge is 0.462 e. The van der Waals surface area contributed by atoms with E-state index in [4.69, 9.17) is 4.74 Å². The Labute approximate surface area is 150 Å². The van der Waals surface area contributed by atoms with Gasteiger partial charge in [-0.3, -0.25) is 4.79 Å². The predicted molar refractivity (Wildman–Crippen MR) is 99.7 cm³/mol. The molecule has 5 nitrogen and oxygen atoms in total. The van der Waals surface area contributed by atoms with E-state index >= 15 is 0 Å². The number of nitrogens with one attached hydrogen (secondary N) is 1. The average Bonchev–Trinajstić information content (AvgIpc) is 3.38. The monoisotopic (exact) mass is 347 g/mol. The van der Waals surface area contributed by atoms with Gasteiger partial charge in [-0.05, 0) is 51.8 Å². The summed E-state index contributed by atoms with van der Waals surface area (Å²) in [7, 11) is 2.14. The highest BCUT2D eigenvalue weighted by molar-refractivity contribution is 6.05. The van der Waals surface area contributed by atoms with E-state index in [-0.39, 0.29) is 11.4 Å². The second-order valence-electron chi connectivity index (χ2n) is 7.24. The molecule has 0 spiro atoms.